The molecule has 1 fully saturated rings. The first-order chi connectivity index (χ1) is 15.0. The van der Waals surface area contributed by atoms with Crippen LogP contribution < -0.4 is 14.8 Å². The summed E-state index contributed by atoms with van der Waals surface area (Å²) in [6.07, 6.45) is 2.88. The Labute approximate surface area is 188 Å². The monoisotopic (exact) mass is 434 g/mol. The van der Waals surface area contributed by atoms with E-state index >= 15 is 0 Å². The van der Waals surface area contributed by atoms with E-state index in [-0.39, 0.29) is 12.0 Å². The largest absolute Gasteiger partial charge is 0.493 e. The van der Waals surface area contributed by atoms with Gasteiger partial charge in [-0.25, -0.2) is 0 Å². The lowest BCUT2D eigenvalue weighted by Gasteiger charge is -2.37. The Hall–Kier alpha value is -1.99. The van der Waals surface area contributed by atoms with Gasteiger partial charge in [-0.3, -0.25) is 9.89 Å². The van der Waals surface area contributed by atoms with Gasteiger partial charge in [-0.15, -0.1) is 0 Å². The number of hydrogen-bond acceptors (Lipinski definition) is 5. The number of nitrogens with zero attached hydrogens (tertiary/aromatic N) is 3. The molecule has 7 heteroatoms. The minimum Gasteiger partial charge on any atom is -0.493 e. The van der Waals surface area contributed by atoms with E-state index in [2.05, 4.69) is 48.0 Å². The molecule has 7 nitrogen and oxygen atoms in total. The topological polar surface area (TPSA) is 69.6 Å². The molecule has 0 unspecified atom stereocenters. The van der Waals surface area contributed by atoms with E-state index in [0.717, 1.165) is 82.5 Å². The molecule has 1 aromatic rings. The van der Waals surface area contributed by atoms with Crippen molar-refractivity contribution < 1.29 is 14.6 Å². The predicted octanol–water partition coefficient (Wildman–Crippen LogP) is 2.98. The standard InChI is InChI=1S/C24H42N4O3/c1-6-24(7-2,11-16-29)19-26-23(25-8-3)28-14-12-27(13-15-28)18-20-9-10-21(30-4)22(17-20)31-5/h9-10,17,29H,6-8,11-16,18-19H2,1-5H3,(H,25,26). The predicted molar refractivity (Wildman–Crippen MR) is 127 cm³/mol. The lowest BCUT2D eigenvalue weighted by molar-refractivity contribution is 0.166. The number of aliphatic imine (C=N–C) groups is 1. The van der Waals surface area contributed by atoms with Crippen LogP contribution in [0.1, 0.15) is 45.6 Å². The second-order valence-corrected chi connectivity index (χ2v) is 8.30. The van der Waals surface area contributed by atoms with Crippen LogP contribution in [0.3, 0.4) is 0 Å². The number of methoxy groups -OCH3 is 2. The van der Waals surface area contributed by atoms with Gasteiger partial charge in [0.2, 0.25) is 0 Å². The lowest BCUT2D eigenvalue weighted by Crippen LogP contribution is -2.52. The van der Waals surface area contributed by atoms with Crippen LogP contribution in [0.2, 0.25) is 0 Å². The molecule has 0 bridgehead atoms. The summed E-state index contributed by atoms with van der Waals surface area (Å²) in [6, 6.07) is 6.14. The van der Waals surface area contributed by atoms with Crippen LogP contribution in [0, 0.1) is 5.41 Å². The average Bonchev–Trinajstić information content (AvgIpc) is 2.81. The highest BCUT2D eigenvalue weighted by molar-refractivity contribution is 5.80. The summed E-state index contributed by atoms with van der Waals surface area (Å²) in [4.78, 5) is 9.82. The normalized spacial score (nSPS) is 15.8. The molecule has 0 aliphatic carbocycles. The number of hydrogen-bond donors (Lipinski definition) is 2. The first-order valence-electron chi connectivity index (χ1n) is 11.6. The zero-order chi connectivity index (χ0) is 22.7. The van der Waals surface area contributed by atoms with Gasteiger partial charge in [-0.2, -0.15) is 0 Å². The summed E-state index contributed by atoms with van der Waals surface area (Å²) < 4.78 is 10.8. The molecule has 31 heavy (non-hydrogen) atoms. The molecular formula is C24H42N4O3. The van der Waals surface area contributed by atoms with Gasteiger partial charge in [-0.1, -0.05) is 19.9 Å². The lowest BCUT2D eigenvalue weighted by atomic mass is 9.79. The maximum absolute atomic E-state index is 9.50. The van der Waals surface area contributed by atoms with Crippen molar-refractivity contribution >= 4 is 5.96 Å². The average molecular weight is 435 g/mol. The van der Waals surface area contributed by atoms with Gasteiger partial charge in [0.15, 0.2) is 17.5 Å². The quantitative estimate of drug-likeness (QED) is 0.412. The Bertz CT molecular complexity index is 683. The van der Waals surface area contributed by atoms with Crippen molar-refractivity contribution in [1.29, 1.82) is 0 Å². The molecule has 176 valence electrons. The van der Waals surface area contributed by atoms with E-state index in [1.807, 2.05) is 6.07 Å². The van der Waals surface area contributed by atoms with E-state index in [9.17, 15) is 5.11 Å². The fourth-order valence-corrected chi connectivity index (χ4v) is 4.17. The van der Waals surface area contributed by atoms with Crippen molar-refractivity contribution in [2.75, 3.05) is 60.1 Å². The summed E-state index contributed by atoms with van der Waals surface area (Å²) in [5, 5.41) is 13.0. The highest BCUT2D eigenvalue weighted by Gasteiger charge is 2.26. The highest BCUT2D eigenvalue weighted by Crippen LogP contribution is 2.31. The van der Waals surface area contributed by atoms with E-state index < -0.39 is 0 Å². The first kappa shape index (κ1) is 25.3. The summed E-state index contributed by atoms with van der Waals surface area (Å²) in [5.41, 5.74) is 1.32. The number of aliphatic hydroxyl groups excluding tert-OH is 1. The summed E-state index contributed by atoms with van der Waals surface area (Å²) >= 11 is 0. The van der Waals surface area contributed by atoms with Gasteiger partial charge in [0.1, 0.15) is 0 Å². The molecule has 0 radical (unpaired) electrons. The second-order valence-electron chi connectivity index (χ2n) is 8.30. The summed E-state index contributed by atoms with van der Waals surface area (Å²) in [6.45, 7) is 13.1. The Morgan fingerprint density at radius 2 is 1.74 bits per heavy atom. The molecule has 2 N–H and O–H groups in total. The van der Waals surface area contributed by atoms with E-state index in [1.54, 1.807) is 14.2 Å². The number of rotatable bonds is 11. The molecule has 1 aliphatic rings. The number of aliphatic hydroxyl groups is 1. The van der Waals surface area contributed by atoms with Crippen LogP contribution >= 0.6 is 0 Å². The molecule has 1 aliphatic heterocycles. The minimum atomic E-state index is 0.0880. The molecule has 1 saturated heterocycles. The number of nitrogens with one attached hydrogen (secondary N) is 1. The Kier molecular flexibility index (Phi) is 10.4. The van der Waals surface area contributed by atoms with Crippen molar-refractivity contribution in [1.82, 2.24) is 15.1 Å². The van der Waals surface area contributed by atoms with Gasteiger partial charge < -0.3 is 24.8 Å². The maximum Gasteiger partial charge on any atom is 0.194 e. The molecule has 1 aromatic carbocycles. The van der Waals surface area contributed by atoms with Crippen LogP contribution in [0.15, 0.2) is 23.2 Å². The third-order valence-electron chi connectivity index (χ3n) is 6.57. The van der Waals surface area contributed by atoms with Gasteiger partial charge in [0, 0.05) is 52.4 Å². The van der Waals surface area contributed by atoms with Crippen molar-refractivity contribution in [3.8, 4) is 11.5 Å². The number of ether oxygens (including phenoxy) is 2. The third kappa shape index (κ3) is 7.01. The number of piperazine rings is 1. The highest BCUT2D eigenvalue weighted by atomic mass is 16.5. The number of benzene rings is 1. The Morgan fingerprint density at radius 1 is 1.06 bits per heavy atom. The van der Waals surface area contributed by atoms with Crippen LogP contribution in [-0.2, 0) is 6.54 Å². The summed E-state index contributed by atoms with van der Waals surface area (Å²) in [5.74, 6) is 2.54. The van der Waals surface area contributed by atoms with Gasteiger partial charge in [0.05, 0.1) is 14.2 Å². The van der Waals surface area contributed by atoms with Crippen molar-refractivity contribution in [3.05, 3.63) is 23.8 Å². The molecule has 0 saturated carbocycles. The van der Waals surface area contributed by atoms with Crippen LogP contribution in [0.4, 0.5) is 0 Å². The molecule has 0 amide bonds. The molecule has 0 atom stereocenters. The van der Waals surface area contributed by atoms with E-state index in [1.165, 1.54) is 5.56 Å². The zero-order valence-electron chi connectivity index (χ0n) is 20.1. The second kappa shape index (κ2) is 12.8. The van der Waals surface area contributed by atoms with Gasteiger partial charge in [0.25, 0.3) is 0 Å². The van der Waals surface area contributed by atoms with Crippen molar-refractivity contribution in [2.24, 2.45) is 10.4 Å². The van der Waals surface area contributed by atoms with Crippen molar-refractivity contribution in [2.45, 2.75) is 46.6 Å². The molecule has 0 aromatic heterocycles. The number of guanidine groups is 1. The van der Waals surface area contributed by atoms with Gasteiger partial charge >= 0.3 is 0 Å². The van der Waals surface area contributed by atoms with Crippen LogP contribution in [-0.4, -0.2) is 81.0 Å². The first-order valence-corrected chi connectivity index (χ1v) is 11.6. The van der Waals surface area contributed by atoms with E-state index in [4.69, 9.17) is 14.5 Å². The fourth-order valence-electron chi connectivity index (χ4n) is 4.17. The smallest absolute Gasteiger partial charge is 0.194 e. The Morgan fingerprint density at radius 3 is 2.29 bits per heavy atom. The maximum atomic E-state index is 9.50. The SMILES string of the molecule is CCNC(=NCC(CC)(CC)CCO)N1CCN(Cc2ccc(OC)c(OC)c2)CC1. The van der Waals surface area contributed by atoms with Gasteiger partial charge in [-0.05, 0) is 49.3 Å². The summed E-state index contributed by atoms with van der Waals surface area (Å²) in [7, 11) is 3.34. The third-order valence-corrected chi connectivity index (χ3v) is 6.57. The van der Waals surface area contributed by atoms with Crippen molar-refractivity contribution in [3.63, 3.8) is 0 Å². The zero-order valence-corrected chi connectivity index (χ0v) is 20.1. The van der Waals surface area contributed by atoms with Crippen LogP contribution in [0.5, 0.6) is 11.5 Å². The Balaban J connectivity index is 1.98. The van der Waals surface area contributed by atoms with Crippen LogP contribution in [0.25, 0.3) is 0 Å². The fraction of sp³-hybridized carbons (Fsp3) is 0.708. The molecule has 2 rings (SSSR count). The molecule has 1 heterocycles. The minimum absolute atomic E-state index is 0.0880. The molecule has 0 spiro atoms. The molecular weight excluding hydrogens is 392 g/mol. The van der Waals surface area contributed by atoms with E-state index in [0.29, 0.717) is 0 Å².